The third kappa shape index (κ3) is 4.39. The van der Waals surface area contributed by atoms with Crippen LogP contribution in [0, 0.1) is 0 Å². The summed E-state index contributed by atoms with van der Waals surface area (Å²) in [6, 6.07) is 18.5. The minimum Gasteiger partial charge on any atom is -0.508 e. The van der Waals surface area contributed by atoms with Crippen molar-refractivity contribution in [3.05, 3.63) is 101 Å². The summed E-state index contributed by atoms with van der Waals surface area (Å²) >= 11 is 0. The molecule has 0 unspecified atom stereocenters. The molecule has 0 spiro atoms. The Hall–Kier alpha value is -2.74. The Morgan fingerprint density at radius 2 is 1.71 bits per heavy atom. The molecule has 0 saturated heterocycles. The van der Waals surface area contributed by atoms with Crippen LogP contribution in [0.5, 0.6) is 5.75 Å². The highest BCUT2D eigenvalue weighted by Gasteiger charge is 2.05. The predicted molar refractivity (Wildman–Crippen MR) is 98.1 cm³/mol. The monoisotopic (exact) mass is 318 g/mol. The Morgan fingerprint density at radius 3 is 2.38 bits per heavy atom. The number of rotatable bonds is 5. The summed E-state index contributed by atoms with van der Waals surface area (Å²) in [5.41, 5.74) is 5.03. The van der Waals surface area contributed by atoms with Crippen molar-refractivity contribution in [2.24, 2.45) is 0 Å². The van der Waals surface area contributed by atoms with Crippen LogP contribution in [0.3, 0.4) is 0 Å². The van der Waals surface area contributed by atoms with E-state index in [1.807, 2.05) is 42.5 Å². The third-order valence-corrected chi connectivity index (χ3v) is 4.18. The minimum absolute atomic E-state index is 0.353. The van der Waals surface area contributed by atoms with Gasteiger partial charge in [-0.15, -0.1) is 0 Å². The number of aliphatic hydroxyl groups is 1. The normalized spacial score (nSPS) is 15.8. The van der Waals surface area contributed by atoms with Crippen molar-refractivity contribution in [1.29, 1.82) is 0 Å². The van der Waals surface area contributed by atoms with Crippen LogP contribution in [-0.4, -0.2) is 5.11 Å². The highest BCUT2D eigenvalue weighted by Crippen LogP contribution is 2.22. The molecule has 0 radical (unpaired) electrons. The molecule has 2 aromatic carbocycles. The zero-order valence-corrected chi connectivity index (χ0v) is 13.9. The highest BCUT2D eigenvalue weighted by atomic mass is 16.5. The fraction of sp³-hybridized carbons (Fsp3) is 0.182. The van der Waals surface area contributed by atoms with Crippen LogP contribution in [0.4, 0.5) is 0 Å². The summed E-state index contributed by atoms with van der Waals surface area (Å²) < 4.78 is 5.82. The third-order valence-electron chi connectivity index (χ3n) is 4.18. The van der Waals surface area contributed by atoms with Crippen LogP contribution in [0.15, 0.2) is 89.7 Å². The molecular formula is C22H22O2. The van der Waals surface area contributed by atoms with E-state index < -0.39 is 0 Å². The van der Waals surface area contributed by atoms with Crippen molar-refractivity contribution in [3.8, 4) is 5.75 Å². The first-order valence-electron chi connectivity index (χ1n) is 8.22. The van der Waals surface area contributed by atoms with Crippen molar-refractivity contribution in [2.75, 3.05) is 0 Å². The smallest absolute Gasteiger partial charge is 0.119 e. The molecule has 2 aromatic rings. The largest absolute Gasteiger partial charge is 0.508 e. The Labute approximate surface area is 143 Å². The molecule has 3 rings (SSSR count). The Morgan fingerprint density at radius 1 is 0.958 bits per heavy atom. The first kappa shape index (κ1) is 16.1. The van der Waals surface area contributed by atoms with Gasteiger partial charge in [-0.25, -0.2) is 0 Å². The molecule has 122 valence electrons. The Bertz CT molecular complexity index is 765. The molecule has 0 fully saturated rings. The number of benzene rings is 2. The van der Waals surface area contributed by atoms with Crippen molar-refractivity contribution < 1.29 is 9.84 Å². The van der Waals surface area contributed by atoms with Crippen LogP contribution in [0.2, 0.25) is 0 Å². The average molecular weight is 318 g/mol. The average Bonchev–Trinajstić information content (AvgIpc) is 2.62. The molecule has 2 nitrogen and oxygen atoms in total. The molecule has 0 amide bonds. The standard InChI is InChI=1S/C22H22O2/c1-17(20-9-11-21(23)12-10-20)15-18-7-13-22(14-8-18)24-16-19-5-3-2-4-6-19/h2-9,11-14,23H,10,15-16H2,1H3. The second-order valence-electron chi connectivity index (χ2n) is 6.07. The van der Waals surface area contributed by atoms with E-state index in [1.165, 1.54) is 22.3 Å². The Kier molecular flexibility index (Phi) is 5.17. The van der Waals surface area contributed by atoms with Gasteiger partial charge < -0.3 is 9.84 Å². The fourth-order valence-electron chi connectivity index (χ4n) is 2.72. The fourth-order valence-corrected chi connectivity index (χ4v) is 2.72. The summed E-state index contributed by atoms with van der Waals surface area (Å²) in [7, 11) is 0. The maximum absolute atomic E-state index is 9.40. The van der Waals surface area contributed by atoms with E-state index in [0.29, 0.717) is 12.4 Å². The first-order chi connectivity index (χ1) is 11.7. The molecule has 0 aliphatic heterocycles. The van der Waals surface area contributed by atoms with Gasteiger partial charge in [0.1, 0.15) is 18.1 Å². The number of allylic oxidation sites excluding steroid dienone is 5. The summed E-state index contributed by atoms with van der Waals surface area (Å²) in [6.45, 7) is 2.74. The summed E-state index contributed by atoms with van der Waals surface area (Å²) in [4.78, 5) is 0. The van der Waals surface area contributed by atoms with Gasteiger partial charge in [0.25, 0.3) is 0 Å². The maximum atomic E-state index is 9.40. The zero-order chi connectivity index (χ0) is 16.8. The zero-order valence-electron chi connectivity index (χ0n) is 13.9. The van der Waals surface area contributed by atoms with E-state index in [2.05, 4.69) is 31.2 Å². The number of hydrogen-bond acceptors (Lipinski definition) is 2. The van der Waals surface area contributed by atoms with Gasteiger partial charge in [-0.05, 0) is 60.8 Å². The first-order valence-corrected chi connectivity index (χ1v) is 8.22. The van der Waals surface area contributed by atoms with E-state index >= 15 is 0 Å². The SMILES string of the molecule is CC(Cc1ccc(OCc2ccccc2)cc1)=C1C=CC(O)=CC1. The van der Waals surface area contributed by atoms with Gasteiger partial charge in [0, 0.05) is 0 Å². The van der Waals surface area contributed by atoms with Gasteiger partial charge in [-0.3, -0.25) is 0 Å². The molecule has 0 atom stereocenters. The van der Waals surface area contributed by atoms with Crippen LogP contribution < -0.4 is 4.74 Å². The lowest BCUT2D eigenvalue weighted by Crippen LogP contribution is -1.96. The topological polar surface area (TPSA) is 29.5 Å². The van der Waals surface area contributed by atoms with E-state index in [9.17, 15) is 5.11 Å². The summed E-state index contributed by atoms with van der Waals surface area (Å²) in [5.74, 6) is 1.24. The summed E-state index contributed by atoms with van der Waals surface area (Å²) in [6.07, 6.45) is 7.31. The lowest BCUT2D eigenvalue weighted by atomic mass is 9.96. The summed E-state index contributed by atoms with van der Waals surface area (Å²) in [5, 5.41) is 9.40. The van der Waals surface area contributed by atoms with Crippen molar-refractivity contribution in [1.82, 2.24) is 0 Å². The molecule has 0 bridgehead atoms. The molecular weight excluding hydrogens is 296 g/mol. The predicted octanol–water partition coefficient (Wildman–Crippen LogP) is 5.53. The van der Waals surface area contributed by atoms with Crippen LogP contribution in [0.1, 0.15) is 24.5 Å². The number of ether oxygens (including phenoxy) is 1. The number of hydrogen-bond donors (Lipinski definition) is 1. The minimum atomic E-state index is 0.353. The van der Waals surface area contributed by atoms with E-state index in [0.717, 1.165) is 18.6 Å². The van der Waals surface area contributed by atoms with E-state index in [1.54, 1.807) is 6.08 Å². The van der Waals surface area contributed by atoms with Gasteiger partial charge in [-0.1, -0.05) is 54.1 Å². The lowest BCUT2D eigenvalue weighted by molar-refractivity contribution is 0.306. The molecule has 0 heterocycles. The van der Waals surface area contributed by atoms with E-state index in [4.69, 9.17) is 4.74 Å². The van der Waals surface area contributed by atoms with Crippen LogP contribution in [-0.2, 0) is 13.0 Å². The molecule has 0 aromatic heterocycles. The highest BCUT2D eigenvalue weighted by molar-refractivity contribution is 5.38. The molecule has 0 saturated carbocycles. The van der Waals surface area contributed by atoms with Gasteiger partial charge in [0.15, 0.2) is 0 Å². The van der Waals surface area contributed by atoms with Gasteiger partial charge >= 0.3 is 0 Å². The molecule has 1 N–H and O–H groups in total. The van der Waals surface area contributed by atoms with Gasteiger partial charge in [0.2, 0.25) is 0 Å². The second-order valence-corrected chi connectivity index (χ2v) is 6.07. The van der Waals surface area contributed by atoms with Gasteiger partial charge in [-0.2, -0.15) is 0 Å². The van der Waals surface area contributed by atoms with Crippen LogP contribution in [0.25, 0.3) is 0 Å². The van der Waals surface area contributed by atoms with Crippen molar-refractivity contribution in [2.45, 2.75) is 26.4 Å². The second kappa shape index (κ2) is 7.69. The Balaban J connectivity index is 1.58. The molecule has 24 heavy (non-hydrogen) atoms. The van der Waals surface area contributed by atoms with Crippen molar-refractivity contribution in [3.63, 3.8) is 0 Å². The van der Waals surface area contributed by atoms with Crippen molar-refractivity contribution >= 4 is 0 Å². The van der Waals surface area contributed by atoms with Gasteiger partial charge in [0.05, 0.1) is 0 Å². The molecule has 1 aliphatic rings. The maximum Gasteiger partial charge on any atom is 0.119 e. The lowest BCUT2D eigenvalue weighted by Gasteiger charge is -2.11. The quantitative estimate of drug-likeness (QED) is 0.786. The molecule has 1 aliphatic carbocycles. The molecule has 2 heteroatoms. The van der Waals surface area contributed by atoms with Crippen LogP contribution >= 0.6 is 0 Å². The number of aliphatic hydroxyl groups excluding tert-OH is 1. The van der Waals surface area contributed by atoms with E-state index in [-0.39, 0.29) is 0 Å².